The van der Waals surface area contributed by atoms with E-state index in [1.54, 1.807) is 14.2 Å². The van der Waals surface area contributed by atoms with Crippen LogP contribution in [-0.2, 0) is 4.74 Å². The lowest BCUT2D eigenvalue weighted by Crippen LogP contribution is -2.31. The first kappa shape index (κ1) is 15.3. The lowest BCUT2D eigenvalue weighted by molar-refractivity contribution is -0.0566. The first-order valence-electron chi connectivity index (χ1n) is 7.52. The van der Waals surface area contributed by atoms with Gasteiger partial charge in [-0.05, 0) is 37.8 Å². The molecule has 0 aromatic heterocycles. The summed E-state index contributed by atoms with van der Waals surface area (Å²) in [6.07, 6.45) is 5.29. The van der Waals surface area contributed by atoms with Gasteiger partial charge >= 0.3 is 0 Å². The Bertz CT molecular complexity index is 424. The second-order valence-electron chi connectivity index (χ2n) is 5.79. The minimum absolute atomic E-state index is 0.147. The van der Waals surface area contributed by atoms with Crippen molar-refractivity contribution in [2.24, 2.45) is 5.92 Å². The molecule has 1 aliphatic rings. The minimum Gasteiger partial charge on any atom is -0.496 e. The van der Waals surface area contributed by atoms with Crippen LogP contribution in [0.3, 0.4) is 0 Å². The average molecular weight is 278 g/mol. The van der Waals surface area contributed by atoms with Gasteiger partial charge in [-0.3, -0.25) is 0 Å². The number of aliphatic hydroxyl groups is 1. The topological polar surface area (TPSA) is 38.7 Å². The molecule has 1 aromatic rings. The molecule has 1 aliphatic carbocycles. The van der Waals surface area contributed by atoms with Crippen molar-refractivity contribution in [3.63, 3.8) is 0 Å². The van der Waals surface area contributed by atoms with Crippen LogP contribution in [0.4, 0.5) is 0 Å². The van der Waals surface area contributed by atoms with E-state index in [9.17, 15) is 5.11 Å². The molecular formula is C17H26O3. The van der Waals surface area contributed by atoms with Crippen molar-refractivity contribution in [3.8, 4) is 5.75 Å². The summed E-state index contributed by atoms with van der Waals surface area (Å²) in [5.41, 5.74) is 1.96. The largest absolute Gasteiger partial charge is 0.496 e. The highest BCUT2D eigenvalue weighted by molar-refractivity contribution is 5.39. The van der Waals surface area contributed by atoms with Crippen LogP contribution < -0.4 is 4.74 Å². The van der Waals surface area contributed by atoms with Crippen LogP contribution >= 0.6 is 0 Å². The van der Waals surface area contributed by atoms with E-state index in [1.165, 1.54) is 19.3 Å². The molecule has 3 heteroatoms. The molecule has 1 saturated carbocycles. The minimum atomic E-state index is -0.627. The molecule has 2 unspecified atom stereocenters. The van der Waals surface area contributed by atoms with Gasteiger partial charge in [-0.15, -0.1) is 0 Å². The SMILES string of the molecule is COc1ccc(C)cc1C(O)C(OC)C1CCCCC1. The maximum atomic E-state index is 10.8. The van der Waals surface area contributed by atoms with Gasteiger partial charge in [-0.25, -0.2) is 0 Å². The van der Waals surface area contributed by atoms with E-state index >= 15 is 0 Å². The highest BCUT2D eigenvalue weighted by Gasteiger charge is 2.31. The second kappa shape index (κ2) is 7.09. The fraction of sp³-hybridized carbons (Fsp3) is 0.647. The van der Waals surface area contributed by atoms with Gasteiger partial charge in [0, 0.05) is 12.7 Å². The summed E-state index contributed by atoms with van der Waals surface area (Å²) in [5, 5.41) is 10.8. The lowest BCUT2D eigenvalue weighted by atomic mass is 9.81. The number of aryl methyl sites for hydroxylation is 1. The molecule has 1 aromatic carbocycles. The van der Waals surface area contributed by atoms with Gasteiger partial charge in [0.05, 0.1) is 13.2 Å². The Morgan fingerprint density at radius 2 is 1.85 bits per heavy atom. The van der Waals surface area contributed by atoms with Gasteiger partial charge in [-0.2, -0.15) is 0 Å². The second-order valence-corrected chi connectivity index (χ2v) is 5.79. The zero-order valence-corrected chi connectivity index (χ0v) is 12.8. The van der Waals surface area contributed by atoms with Crippen molar-refractivity contribution >= 4 is 0 Å². The van der Waals surface area contributed by atoms with Crippen molar-refractivity contribution in [1.29, 1.82) is 0 Å². The maximum absolute atomic E-state index is 10.8. The number of aliphatic hydroxyl groups excluding tert-OH is 1. The highest BCUT2D eigenvalue weighted by atomic mass is 16.5. The monoisotopic (exact) mass is 278 g/mol. The van der Waals surface area contributed by atoms with Crippen LogP contribution in [-0.4, -0.2) is 25.4 Å². The Labute approximate surface area is 121 Å². The Kier molecular flexibility index (Phi) is 5.44. The Balaban J connectivity index is 2.22. The van der Waals surface area contributed by atoms with Crippen LogP contribution in [0, 0.1) is 12.8 Å². The van der Waals surface area contributed by atoms with Crippen LogP contribution in [0.1, 0.15) is 49.3 Å². The van der Waals surface area contributed by atoms with Crippen molar-refractivity contribution < 1.29 is 14.6 Å². The van der Waals surface area contributed by atoms with E-state index < -0.39 is 6.10 Å². The quantitative estimate of drug-likeness (QED) is 0.894. The Hall–Kier alpha value is -1.06. The van der Waals surface area contributed by atoms with Gasteiger partial charge in [0.2, 0.25) is 0 Å². The molecule has 1 fully saturated rings. The summed E-state index contributed by atoms with van der Waals surface area (Å²) < 4.78 is 11.0. The fourth-order valence-corrected chi connectivity index (χ4v) is 3.30. The number of hydrogen-bond donors (Lipinski definition) is 1. The standard InChI is InChI=1S/C17H26O3/c1-12-9-10-15(19-2)14(11-12)16(18)17(20-3)13-7-5-4-6-8-13/h9-11,13,16-18H,4-8H2,1-3H3. The zero-order chi connectivity index (χ0) is 14.5. The highest BCUT2D eigenvalue weighted by Crippen LogP contribution is 2.37. The Morgan fingerprint density at radius 3 is 2.45 bits per heavy atom. The number of hydrogen-bond acceptors (Lipinski definition) is 3. The van der Waals surface area contributed by atoms with Gasteiger partial charge in [-0.1, -0.05) is 30.9 Å². The molecule has 3 nitrogen and oxygen atoms in total. The fourth-order valence-electron chi connectivity index (χ4n) is 3.30. The third-order valence-corrected chi connectivity index (χ3v) is 4.40. The molecule has 0 spiro atoms. The molecule has 2 rings (SSSR count). The average Bonchev–Trinajstić information content (AvgIpc) is 2.49. The smallest absolute Gasteiger partial charge is 0.124 e. The third kappa shape index (κ3) is 3.33. The van der Waals surface area contributed by atoms with E-state index in [2.05, 4.69) is 0 Å². The lowest BCUT2D eigenvalue weighted by Gasteiger charge is -2.33. The van der Waals surface area contributed by atoms with Gasteiger partial charge < -0.3 is 14.6 Å². The molecule has 0 radical (unpaired) electrons. The number of rotatable bonds is 5. The summed E-state index contributed by atoms with van der Waals surface area (Å²) in [4.78, 5) is 0. The summed E-state index contributed by atoms with van der Waals surface area (Å²) in [7, 11) is 3.34. The predicted octanol–water partition coefficient (Wildman–Crippen LogP) is 3.63. The normalized spacial score (nSPS) is 19.6. The maximum Gasteiger partial charge on any atom is 0.124 e. The number of methoxy groups -OCH3 is 2. The molecule has 0 amide bonds. The van der Waals surface area contributed by atoms with Crippen molar-refractivity contribution in [2.45, 2.75) is 51.2 Å². The summed E-state index contributed by atoms with van der Waals surface area (Å²) in [6, 6.07) is 5.91. The molecule has 0 bridgehead atoms. The molecule has 0 heterocycles. The summed E-state index contributed by atoms with van der Waals surface area (Å²) in [6.45, 7) is 2.03. The molecule has 0 saturated heterocycles. The first-order valence-corrected chi connectivity index (χ1v) is 7.52. The van der Waals surface area contributed by atoms with Crippen LogP contribution in [0.15, 0.2) is 18.2 Å². The van der Waals surface area contributed by atoms with Gasteiger partial charge in [0.25, 0.3) is 0 Å². The first-order chi connectivity index (χ1) is 9.67. The Morgan fingerprint density at radius 1 is 1.15 bits per heavy atom. The van der Waals surface area contributed by atoms with Crippen molar-refractivity contribution in [3.05, 3.63) is 29.3 Å². The van der Waals surface area contributed by atoms with E-state index in [1.807, 2.05) is 25.1 Å². The molecule has 1 N–H and O–H groups in total. The molecule has 20 heavy (non-hydrogen) atoms. The van der Waals surface area contributed by atoms with E-state index in [0.717, 1.165) is 29.7 Å². The van der Waals surface area contributed by atoms with E-state index in [0.29, 0.717) is 5.92 Å². The predicted molar refractivity (Wildman–Crippen MR) is 80.1 cm³/mol. The molecule has 112 valence electrons. The summed E-state index contributed by atoms with van der Waals surface area (Å²) in [5.74, 6) is 1.18. The summed E-state index contributed by atoms with van der Waals surface area (Å²) >= 11 is 0. The third-order valence-electron chi connectivity index (χ3n) is 4.40. The van der Waals surface area contributed by atoms with Gasteiger partial charge in [0.1, 0.15) is 11.9 Å². The molecule has 0 aliphatic heterocycles. The van der Waals surface area contributed by atoms with Crippen molar-refractivity contribution in [2.75, 3.05) is 14.2 Å². The van der Waals surface area contributed by atoms with E-state index in [-0.39, 0.29) is 6.10 Å². The molecule has 2 atom stereocenters. The van der Waals surface area contributed by atoms with Crippen molar-refractivity contribution in [1.82, 2.24) is 0 Å². The molecular weight excluding hydrogens is 252 g/mol. The zero-order valence-electron chi connectivity index (χ0n) is 12.8. The van der Waals surface area contributed by atoms with Crippen LogP contribution in [0.5, 0.6) is 5.75 Å². The number of ether oxygens (including phenoxy) is 2. The van der Waals surface area contributed by atoms with Crippen LogP contribution in [0.2, 0.25) is 0 Å². The van der Waals surface area contributed by atoms with Crippen LogP contribution in [0.25, 0.3) is 0 Å². The van der Waals surface area contributed by atoms with Gasteiger partial charge in [0.15, 0.2) is 0 Å². The number of benzene rings is 1. The van der Waals surface area contributed by atoms with E-state index in [4.69, 9.17) is 9.47 Å².